The number of ether oxygens (including phenoxy) is 1. The van der Waals surface area contributed by atoms with Crippen LogP contribution in [0.4, 0.5) is 0 Å². The van der Waals surface area contributed by atoms with Gasteiger partial charge in [0.15, 0.2) is 4.90 Å². The minimum atomic E-state index is -3.94. The van der Waals surface area contributed by atoms with Crippen LogP contribution in [-0.2, 0) is 26.6 Å². The Hall–Kier alpha value is -2.93. The van der Waals surface area contributed by atoms with Crippen LogP contribution < -0.4 is 4.74 Å². The lowest BCUT2D eigenvalue weighted by molar-refractivity contribution is -0.134. The van der Waals surface area contributed by atoms with Crippen molar-refractivity contribution in [1.82, 2.24) is 9.78 Å². The van der Waals surface area contributed by atoms with Crippen LogP contribution in [0.2, 0.25) is 0 Å². The molecular formula is C23H26N2O4S. The zero-order valence-electron chi connectivity index (χ0n) is 17.8. The van der Waals surface area contributed by atoms with Crippen molar-refractivity contribution in [2.45, 2.75) is 56.4 Å². The molecule has 0 fully saturated rings. The Labute approximate surface area is 177 Å². The number of hydrogen-bond acceptors (Lipinski definition) is 5. The third-order valence-corrected chi connectivity index (χ3v) is 6.50. The number of esters is 1. The maximum atomic E-state index is 13.4. The van der Waals surface area contributed by atoms with Gasteiger partial charge in [-0.05, 0) is 52.3 Å². The summed E-state index contributed by atoms with van der Waals surface area (Å²) in [4.78, 5) is 12.7. The molecule has 3 aromatic rings. The fourth-order valence-corrected chi connectivity index (χ4v) is 4.60. The predicted octanol–water partition coefficient (Wildman–Crippen LogP) is 4.24. The van der Waals surface area contributed by atoms with Crippen molar-refractivity contribution in [3.8, 4) is 5.88 Å². The van der Waals surface area contributed by atoms with E-state index in [2.05, 4.69) is 5.10 Å². The minimum absolute atomic E-state index is 0.0270. The third kappa shape index (κ3) is 4.46. The highest BCUT2D eigenvalue weighted by Gasteiger charge is 2.34. The van der Waals surface area contributed by atoms with Gasteiger partial charge < -0.3 is 4.74 Å². The van der Waals surface area contributed by atoms with E-state index in [0.717, 1.165) is 11.1 Å². The molecule has 0 radical (unpaired) electrons. The molecule has 0 aliphatic carbocycles. The molecular weight excluding hydrogens is 400 g/mol. The summed E-state index contributed by atoms with van der Waals surface area (Å²) in [5.74, 6) is -0.603. The van der Waals surface area contributed by atoms with Gasteiger partial charge in [-0.15, -0.1) is 0 Å². The molecule has 2 aromatic carbocycles. The van der Waals surface area contributed by atoms with E-state index in [4.69, 9.17) is 4.74 Å². The van der Waals surface area contributed by atoms with Gasteiger partial charge in [-0.25, -0.2) is 13.1 Å². The van der Waals surface area contributed by atoms with E-state index in [1.165, 1.54) is 4.68 Å². The molecule has 0 aliphatic heterocycles. The van der Waals surface area contributed by atoms with Crippen LogP contribution in [0.25, 0.3) is 0 Å². The highest BCUT2D eigenvalue weighted by Crippen LogP contribution is 2.36. The monoisotopic (exact) mass is 426 g/mol. The van der Waals surface area contributed by atoms with Gasteiger partial charge in [0.05, 0.1) is 22.5 Å². The summed E-state index contributed by atoms with van der Waals surface area (Å²) in [6.07, 6.45) is 0.0270. The van der Waals surface area contributed by atoms with Crippen molar-refractivity contribution >= 4 is 15.8 Å². The Morgan fingerprint density at radius 3 is 2.17 bits per heavy atom. The molecule has 0 saturated heterocycles. The second kappa shape index (κ2) is 8.07. The van der Waals surface area contributed by atoms with Crippen LogP contribution >= 0.6 is 0 Å². The van der Waals surface area contributed by atoms with E-state index in [9.17, 15) is 13.2 Å². The summed E-state index contributed by atoms with van der Waals surface area (Å²) in [5, 5.41) is 4.41. The molecule has 30 heavy (non-hydrogen) atoms. The Morgan fingerprint density at radius 1 is 1.00 bits per heavy atom. The van der Waals surface area contributed by atoms with Crippen LogP contribution in [0.3, 0.4) is 0 Å². The van der Waals surface area contributed by atoms with Crippen LogP contribution in [0.15, 0.2) is 64.4 Å². The van der Waals surface area contributed by atoms with E-state index in [-0.39, 0.29) is 27.8 Å². The molecule has 3 rings (SSSR count). The van der Waals surface area contributed by atoms with Crippen molar-refractivity contribution in [2.24, 2.45) is 0 Å². The van der Waals surface area contributed by atoms with Gasteiger partial charge >= 0.3 is 5.97 Å². The molecule has 0 amide bonds. The van der Waals surface area contributed by atoms with E-state index in [1.807, 2.05) is 58.0 Å². The molecule has 1 aromatic heterocycles. The molecule has 0 aliphatic rings. The number of hydrogen-bond donors (Lipinski definition) is 0. The maximum absolute atomic E-state index is 13.4. The number of carbonyl (C=O) groups excluding carboxylic acids is 1. The first-order valence-corrected chi connectivity index (χ1v) is 11.1. The Kier molecular flexibility index (Phi) is 5.85. The first-order chi connectivity index (χ1) is 14.0. The van der Waals surface area contributed by atoms with Gasteiger partial charge in [-0.1, -0.05) is 48.0 Å². The second-order valence-electron chi connectivity index (χ2n) is 8.26. The van der Waals surface area contributed by atoms with Crippen molar-refractivity contribution in [1.29, 1.82) is 0 Å². The number of benzene rings is 2. The Balaban J connectivity index is 2.08. The molecule has 1 heterocycles. The van der Waals surface area contributed by atoms with E-state index >= 15 is 0 Å². The molecule has 0 atom stereocenters. The number of nitrogens with zero attached hydrogens (tertiary/aromatic N) is 2. The van der Waals surface area contributed by atoms with Crippen LogP contribution in [0, 0.1) is 13.8 Å². The summed E-state index contributed by atoms with van der Waals surface area (Å²) in [5.41, 5.74) is 1.43. The molecule has 6 nitrogen and oxygen atoms in total. The van der Waals surface area contributed by atoms with Crippen molar-refractivity contribution in [3.05, 3.63) is 71.4 Å². The highest BCUT2D eigenvalue weighted by atomic mass is 32.2. The number of carbonyl (C=O) groups is 1. The predicted molar refractivity (Wildman–Crippen MR) is 114 cm³/mol. The first-order valence-electron chi connectivity index (χ1n) is 9.66. The number of aryl methyl sites for hydroxylation is 2. The summed E-state index contributed by atoms with van der Waals surface area (Å²) >= 11 is 0. The molecule has 0 unspecified atom stereocenters. The van der Waals surface area contributed by atoms with Gasteiger partial charge in [0.1, 0.15) is 0 Å². The summed E-state index contributed by atoms with van der Waals surface area (Å²) in [6, 6.07) is 15.7. The van der Waals surface area contributed by atoms with Gasteiger partial charge in [0.2, 0.25) is 15.7 Å². The minimum Gasteiger partial charge on any atom is -0.406 e. The van der Waals surface area contributed by atoms with Crippen molar-refractivity contribution < 1.29 is 17.9 Å². The molecule has 0 spiro atoms. The number of aromatic nitrogens is 2. The lowest BCUT2D eigenvalue weighted by atomic mass is 10.1. The zero-order valence-corrected chi connectivity index (χ0v) is 18.7. The first kappa shape index (κ1) is 21.8. The van der Waals surface area contributed by atoms with Crippen LogP contribution in [0.1, 0.15) is 37.6 Å². The van der Waals surface area contributed by atoms with Gasteiger partial charge in [-0.2, -0.15) is 5.10 Å². The number of sulfone groups is 1. The summed E-state index contributed by atoms with van der Waals surface area (Å²) < 4.78 is 34.0. The fourth-order valence-electron chi connectivity index (χ4n) is 3.09. The van der Waals surface area contributed by atoms with E-state index in [1.54, 1.807) is 31.2 Å². The molecule has 0 saturated carbocycles. The Morgan fingerprint density at radius 2 is 1.60 bits per heavy atom. The fraction of sp³-hybridized carbons (Fsp3) is 0.304. The average Bonchev–Trinajstić information content (AvgIpc) is 2.99. The third-order valence-electron chi connectivity index (χ3n) is 4.60. The molecule has 0 bridgehead atoms. The van der Waals surface area contributed by atoms with Crippen molar-refractivity contribution in [3.63, 3.8) is 0 Å². The normalized spacial score (nSPS) is 12.0. The van der Waals surface area contributed by atoms with E-state index in [0.29, 0.717) is 0 Å². The zero-order chi connectivity index (χ0) is 22.1. The molecule has 7 heteroatoms. The lowest BCUT2D eigenvalue weighted by Crippen LogP contribution is -2.26. The average molecular weight is 427 g/mol. The van der Waals surface area contributed by atoms with Gasteiger partial charge in [-0.3, -0.25) is 4.79 Å². The lowest BCUT2D eigenvalue weighted by Gasteiger charge is -2.22. The van der Waals surface area contributed by atoms with E-state index < -0.39 is 21.3 Å². The highest BCUT2D eigenvalue weighted by molar-refractivity contribution is 7.91. The summed E-state index contributed by atoms with van der Waals surface area (Å²) in [6.45, 7) is 9.11. The second-order valence-corrected chi connectivity index (χ2v) is 10.1. The summed E-state index contributed by atoms with van der Waals surface area (Å²) in [7, 11) is -3.94. The topological polar surface area (TPSA) is 78.3 Å². The largest absolute Gasteiger partial charge is 0.406 e. The molecule has 158 valence electrons. The Bertz CT molecular complexity index is 1160. The SMILES string of the molecule is Cc1ccc(S(=O)(=O)c2c(C)nn(C(C)(C)C)c2OC(=O)Cc2ccccc2)cc1. The quantitative estimate of drug-likeness (QED) is 0.571. The van der Waals surface area contributed by atoms with Gasteiger partial charge in [0.25, 0.3) is 0 Å². The number of rotatable bonds is 5. The maximum Gasteiger partial charge on any atom is 0.317 e. The standard InChI is InChI=1S/C23H26N2O4S/c1-16-11-13-19(14-12-16)30(27,28)21-17(2)24-25(23(3,4)5)22(21)29-20(26)15-18-9-7-6-8-10-18/h6-14H,15H2,1-5H3. The van der Waals surface area contributed by atoms with Crippen LogP contribution in [0.5, 0.6) is 5.88 Å². The van der Waals surface area contributed by atoms with Gasteiger partial charge in [0, 0.05) is 0 Å². The smallest absolute Gasteiger partial charge is 0.317 e. The van der Waals surface area contributed by atoms with Crippen LogP contribution in [-0.4, -0.2) is 24.2 Å². The molecule has 0 N–H and O–H groups in total. The van der Waals surface area contributed by atoms with Crippen molar-refractivity contribution in [2.75, 3.05) is 0 Å².